The van der Waals surface area contributed by atoms with Crippen molar-refractivity contribution in [1.82, 2.24) is 5.32 Å². The van der Waals surface area contributed by atoms with Crippen LogP contribution in [0, 0.1) is 11.7 Å². The Balaban J connectivity index is 1.34. The van der Waals surface area contributed by atoms with Gasteiger partial charge in [-0.15, -0.1) is 0 Å². The predicted molar refractivity (Wildman–Crippen MR) is 112 cm³/mol. The van der Waals surface area contributed by atoms with Crippen LogP contribution in [0.5, 0.6) is 11.5 Å². The lowest BCUT2D eigenvalue weighted by molar-refractivity contribution is -0.126. The van der Waals surface area contributed by atoms with E-state index in [1.807, 2.05) is 48.5 Å². The minimum atomic E-state index is -0.378. The number of nitrogens with zero attached hydrogens (tertiary/aromatic N) is 1. The third kappa shape index (κ3) is 4.66. The van der Waals surface area contributed by atoms with E-state index in [9.17, 15) is 14.0 Å². The molecular formula is C24H21FN2O3. The topological polar surface area (TPSA) is 58.6 Å². The largest absolute Gasteiger partial charge is 0.457 e. The van der Waals surface area contributed by atoms with E-state index in [4.69, 9.17) is 4.74 Å². The molecule has 0 aromatic heterocycles. The van der Waals surface area contributed by atoms with Crippen molar-refractivity contribution in [3.63, 3.8) is 0 Å². The minimum Gasteiger partial charge on any atom is -0.457 e. The molecular weight excluding hydrogens is 383 g/mol. The van der Waals surface area contributed by atoms with Crippen LogP contribution in [0.2, 0.25) is 0 Å². The van der Waals surface area contributed by atoms with Gasteiger partial charge in [-0.25, -0.2) is 4.39 Å². The van der Waals surface area contributed by atoms with E-state index in [1.54, 1.807) is 23.1 Å². The molecule has 1 heterocycles. The van der Waals surface area contributed by atoms with Gasteiger partial charge in [0.05, 0.1) is 5.92 Å². The average molecular weight is 404 g/mol. The molecule has 1 atom stereocenters. The molecule has 1 aliphatic heterocycles. The van der Waals surface area contributed by atoms with Gasteiger partial charge in [0.15, 0.2) is 0 Å². The third-order valence-electron chi connectivity index (χ3n) is 4.98. The normalized spacial score (nSPS) is 15.8. The number of rotatable bonds is 6. The van der Waals surface area contributed by atoms with E-state index in [2.05, 4.69) is 5.32 Å². The Morgan fingerprint density at radius 3 is 2.53 bits per heavy atom. The number of benzene rings is 3. The second-order valence-electron chi connectivity index (χ2n) is 7.16. The van der Waals surface area contributed by atoms with Crippen molar-refractivity contribution in [1.29, 1.82) is 0 Å². The third-order valence-corrected chi connectivity index (χ3v) is 4.98. The maximum absolute atomic E-state index is 13.0. The molecule has 1 N–H and O–H groups in total. The molecule has 152 valence electrons. The van der Waals surface area contributed by atoms with Gasteiger partial charge in [0, 0.05) is 25.2 Å². The summed E-state index contributed by atoms with van der Waals surface area (Å²) in [5.74, 6) is 0.233. The lowest BCUT2D eigenvalue weighted by Crippen LogP contribution is -2.32. The summed E-state index contributed by atoms with van der Waals surface area (Å²) in [6.07, 6.45) is 0.203. The van der Waals surface area contributed by atoms with Crippen LogP contribution < -0.4 is 15.0 Å². The predicted octanol–water partition coefficient (Wildman–Crippen LogP) is 4.29. The van der Waals surface area contributed by atoms with E-state index in [0.29, 0.717) is 24.6 Å². The molecule has 1 aliphatic rings. The minimum absolute atomic E-state index is 0.0453. The molecule has 0 bridgehead atoms. The highest BCUT2D eigenvalue weighted by molar-refractivity contribution is 6.00. The lowest BCUT2D eigenvalue weighted by Gasteiger charge is -2.16. The van der Waals surface area contributed by atoms with Crippen LogP contribution in [0.4, 0.5) is 10.1 Å². The maximum Gasteiger partial charge on any atom is 0.227 e. The highest BCUT2D eigenvalue weighted by Gasteiger charge is 2.34. The van der Waals surface area contributed by atoms with Crippen molar-refractivity contribution in [2.45, 2.75) is 13.0 Å². The number of amides is 2. The van der Waals surface area contributed by atoms with Crippen LogP contribution >= 0.6 is 0 Å². The van der Waals surface area contributed by atoms with Crippen LogP contribution in [-0.4, -0.2) is 18.4 Å². The molecule has 5 nitrogen and oxygen atoms in total. The maximum atomic E-state index is 13.0. The summed E-state index contributed by atoms with van der Waals surface area (Å²) in [5.41, 5.74) is 1.68. The van der Waals surface area contributed by atoms with Gasteiger partial charge in [-0.05, 0) is 54.1 Å². The molecule has 1 unspecified atom stereocenters. The van der Waals surface area contributed by atoms with Gasteiger partial charge in [0.2, 0.25) is 11.8 Å². The monoisotopic (exact) mass is 404 g/mol. The molecule has 3 aromatic rings. The van der Waals surface area contributed by atoms with Crippen LogP contribution in [0.25, 0.3) is 0 Å². The van der Waals surface area contributed by atoms with Gasteiger partial charge < -0.3 is 15.0 Å². The van der Waals surface area contributed by atoms with Gasteiger partial charge in [-0.3, -0.25) is 9.59 Å². The molecule has 0 radical (unpaired) electrons. The van der Waals surface area contributed by atoms with Crippen molar-refractivity contribution >= 4 is 17.5 Å². The zero-order chi connectivity index (χ0) is 20.9. The molecule has 1 fully saturated rings. The van der Waals surface area contributed by atoms with Crippen LogP contribution in [0.3, 0.4) is 0 Å². The van der Waals surface area contributed by atoms with Crippen molar-refractivity contribution < 1.29 is 18.7 Å². The zero-order valence-corrected chi connectivity index (χ0v) is 16.3. The summed E-state index contributed by atoms with van der Waals surface area (Å²) in [6, 6.07) is 22.5. The first-order valence-corrected chi connectivity index (χ1v) is 9.74. The number of ether oxygens (including phenoxy) is 1. The van der Waals surface area contributed by atoms with E-state index >= 15 is 0 Å². The van der Waals surface area contributed by atoms with E-state index in [0.717, 1.165) is 11.3 Å². The quantitative estimate of drug-likeness (QED) is 0.667. The SMILES string of the molecule is O=C(NCc1cccc(Oc2ccc(F)cc2)c1)C1CC(=O)N(c2ccccc2)C1. The zero-order valence-electron chi connectivity index (χ0n) is 16.3. The number of hydrogen-bond acceptors (Lipinski definition) is 3. The Kier molecular flexibility index (Phi) is 5.75. The fourth-order valence-electron chi connectivity index (χ4n) is 3.43. The molecule has 2 amide bonds. The van der Waals surface area contributed by atoms with Crippen LogP contribution in [0.15, 0.2) is 78.9 Å². The Morgan fingerprint density at radius 1 is 1.00 bits per heavy atom. The van der Waals surface area contributed by atoms with Crippen molar-refractivity contribution in [3.05, 3.63) is 90.2 Å². The number of carbonyl (C=O) groups excluding carboxylic acids is 2. The van der Waals surface area contributed by atoms with Gasteiger partial charge in [0.1, 0.15) is 17.3 Å². The summed E-state index contributed by atoms with van der Waals surface area (Å²) in [6.45, 7) is 0.706. The van der Waals surface area contributed by atoms with Crippen molar-refractivity contribution in [2.75, 3.05) is 11.4 Å². The van der Waals surface area contributed by atoms with Crippen molar-refractivity contribution in [2.24, 2.45) is 5.92 Å². The molecule has 1 saturated heterocycles. The second kappa shape index (κ2) is 8.78. The van der Waals surface area contributed by atoms with Gasteiger partial charge in [0.25, 0.3) is 0 Å². The van der Waals surface area contributed by atoms with Crippen LogP contribution in [0.1, 0.15) is 12.0 Å². The molecule has 0 spiro atoms. The molecule has 0 aliphatic carbocycles. The summed E-state index contributed by atoms with van der Waals surface area (Å²) in [5, 5.41) is 2.91. The summed E-state index contributed by atoms with van der Waals surface area (Å²) >= 11 is 0. The fourth-order valence-corrected chi connectivity index (χ4v) is 3.43. The molecule has 30 heavy (non-hydrogen) atoms. The first kappa shape index (κ1) is 19.6. The lowest BCUT2D eigenvalue weighted by atomic mass is 10.1. The van der Waals surface area contributed by atoms with E-state index in [-0.39, 0.29) is 30.0 Å². The molecule has 0 saturated carbocycles. The molecule has 6 heteroatoms. The first-order chi connectivity index (χ1) is 14.6. The highest BCUT2D eigenvalue weighted by Crippen LogP contribution is 2.25. The molecule has 3 aromatic carbocycles. The summed E-state index contributed by atoms with van der Waals surface area (Å²) in [4.78, 5) is 26.6. The number of nitrogens with one attached hydrogen (secondary N) is 1. The van der Waals surface area contributed by atoms with E-state index < -0.39 is 0 Å². The van der Waals surface area contributed by atoms with E-state index in [1.165, 1.54) is 12.1 Å². The van der Waals surface area contributed by atoms with Crippen LogP contribution in [-0.2, 0) is 16.1 Å². The van der Waals surface area contributed by atoms with Gasteiger partial charge >= 0.3 is 0 Å². The number of hydrogen-bond donors (Lipinski definition) is 1. The summed E-state index contributed by atoms with van der Waals surface area (Å²) in [7, 11) is 0. The second-order valence-corrected chi connectivity index (χ2v) is 7.16. The smallest absolute Gasteiger partial charge is 0.227 e. The Labute approximate surface area is 174 Å². The van der Waals surface area contributed by atoms with Gasteiger partial charge in [-0.2, -0.15) is 0 Å². The number of carbonyl (C=O) groups is 2. The number of para-hydroxylation sites is 1. The Hall–Kier alpha value is -3.67. The summed E-state index contributed by atoms with van der Waals surface area (Å²) < 4.78 is 18.7. The fraction of sp³-hybridized carbons (Fsp3) is 0.167. The number of halogens is 1. The number of anilines is 1. The Morgan fingerprint density at radius 2 is 1.77 bits per heavy atom. The standard InChI is InChI=1S/C24H21FN2O3/c25-19-9-11-21(12-10-19)30-22-8-4-5-17(13-22)15-26-24(29)18-14-23(28)27(16-18)20-6-2-1-3-7-20/h1-13,18H,14-16H2,(H,26,29). The van der Waals surface area contributed by atoms with Gasteiger partial charge in [-0.1, -0.05) is 30.3 Å². The molecule has 4 rings (SSSR count). The average Bonchev–Trinajstić information content (AvgIpc) is 3.16. The highest BCUT2D eigenvalue weighted by atomic mass is 19.1. The first-order valence-electron chi connectivity index (χ1n) is 9.74. The van der Waals surface area contributed by atoms with Crippen molar-refractivity contribution in [3.8, 4) is 11.5 Å². The Bertz CT molecular complexity index is 1040.